The Bertz CT molecular complexity index is 778. The van der Waals surface area contributed by atoms with Crippen LogP contribution in [0.1, 0.15) is 54.4 Å². The fraction of sp³-hybridized carbons (Fsp3) is 0.550. The van der Waals surface area contributed by atoms with E-state index in [9.17, 15) is 14.4 Å². The summed E-state index contributed by atoms with van der Waals surface area (Å²) in [5.41, 5.74) is 1.45. The second kappa shape index (κ2) is 7.31. The fourth-order valence-corrected chi connectivity index (χ4v) is 4.27. The molecular formula is C20H24N2O5. The van der Waals surface area contributed by atoms with Crippen molar-refractivity contribution in [1.82, 2.24) is 10.2 Å². The Morgan fingerprint density at radius 1 is 1.07 bits per heavy atom. The van der Waals surface area contributed by atoms with Crippen LogP contribution in [0.5, 0.6) is 5.75 Å². The minimum Gasteiger partial charge on any atom is -0.488 e. The molecule has 1 aromatic rings. The zero-order valence-corrected chi connectivity index (χ0v) is 15.4. The van der Waals surface area contributed by atoms with Gasteiger partial charge in [0.25, 0.3) is 5.91 Å². The number of nitrogens with one attached hydrogen (secondary N) is 1. The second-order valence-corrected chi connectivity index (χ2v) is 7.43. The van der Waals surface area contributed by atoms with Crippen molar-refractivity contribution in [3.63, 3.8) is 0 Å². The first-order valence-corrected chi connectivity index (χ1v) is 9.54. The first-order valence-electron chi connectivity index (χ1n) is 9.54. The number of piperidine rings is 1. The summed E-state index contributed by atoms with van der Waals surface area (Å²) >= 11 is 0. The number of imide groups is 1. The van der Waals surface area contributed by atoms with Crippen LogP contribution in [0, 0.1) is 0 Å². The molecule has 3 aliphatic rings. The number of nitrogens with zero attached hydrogens (tertiary/aromatic N) is 1. The average Bonchev–Trinajstić information content (AvgIpc) is 2.98. The monoisotopic (exact) mass is 372 g/mol. The SMILES string of the molecule is COC1CCCCC1Oc1ccc2c(c1)CN(C1CCC(=O)NC1=O)C2=O. The molecule has 0 radical (unpaired) electrons. The molecule has 1 N–H and O–H groups in total. The van der Waals surface area contributed by atoms with Gasteiger partial charge < -0.3 is 14.4 Å². The number of methoxy groups -OCH3 is 1. The van der Waals surface area contributed by atoms with Crippen LogP contribution in [0.3, 0.4) is 0 Å². The van der Waals surface area contributed by atoms with E-state index >= 15 is 0 Å². The van der Waals surface area contributed by atoms with Crippen LogP contribution in [-0.4, -0.2) is 48.0 Å². The molecule has 0 spiro atoms. The molecule has 7 nitrogen and oxygen atoms in total. The molecule has 0 aromatic heterocycles. The predicted molar refractivity (Wildman–Crippen MR) is 96.2 cm³/mol. The van der Waals surface area contributed by atoms with Crippen molar-refractivity contribution in [2.75, 3.05) is 7.11 Å². The largest absolute Gasteiger partial charge is 0.488 e. The molecule has 1 saturated heterocycles. The highest BCUT2D eigenvalue weighted by Crippen LogP contribution is 2.32. The average molecular weight is 372 g/mol. The highest BCUT2D eigenvalue weighted by atomic mass is 16.5. The van der Waals surface area contributed by atoms with Gasteiger partial charge in [0, 0.05) is 25.6 Å². The Hall–Kier alpha value is -2.41. The van der Waals surface area contributed by atoms with Gasteiger partial charge >= 0.3 is 0 Å². The molecule has 144 valence electrons. The van der Waals surface area contributed by atoms with Gasteiger partial charge in [-0.1, -0.05) is 6.42 Å². The van der Waals surface area contributed by atoms with E-state index in [2.05, 4.69) is 5.32 Å². The summed E-state index contributed by atoms with van der Waals surface area (Å²) in [6, 6.07) is 4.87. The number of rotatable bonds is 4. The molecule has 3 amide bonds. The Balaban J connectivity index is 1.49. The van der Waals surface area contributed by atoms with Crippen LogP contribution >= 0.6 is 0 Å². The maximum absolute atomic E-state index is 12.7. The Morgan fingerprint density at radius 3 is 2.59 bits per heavy atom. The summed E-state index contributed by atoms with van der Waals surface area (Å²) in [4.78, 5) is 37.8. The highest BCUT2D eigenvalue weighted by molar-refractivity contribution is 6.05. The number of hydrogen-bond acceptors (Lipinski definition) is 5. The first kappa shape index (κ1) is 18.0. The third-order valence-corrected chi connectivity index (χ3v) is 5.73. The molecule has 2 heterocycles. The molecule has 3 unspecified atom stereocenters. The third-order valence-electron chi connectivity index (χ3n) is 5.73. The van der Waals surface area contributed by atoms with E-state index in [0.29, 0.717) is 18.5 Å². The van der Waals surface area contributed by atoms with Gasteiger partial charge in [0.05, 0.1) is 6.10 Å². The zero-order chi connectivity index (χ0) is 19.0. The summed E-state index contributed by atoms with van der Waals surface area (Å²) in [7, 11) is 1.71. The van der Waals surface area contributed by atoms with Gasteiger partial charge in [-0.05, 0) is 49.4 Å². The summed E-state index contributed by atoms with van der Waals surface area (Å²) in [6.45, 7) is 0.357. The van der Waals surface area contributed by atoms with Crippen molar-refractivity contribution in [2.45, 2.75) is 63.3 Å². The van der Waals surface area contributed by atoms with Crippen molar-refractivity contribution in [1.29, 1.82) is 0 Å². The van der Waals surface area contributed by atoms with E-state index in [1.54, 1.807) is 18.1 Å². The number of carbonyl (C=O) groups excluding carboxylic acids is 3. The van der Waals surface area contributed by atoms with E-state index in [0.717, 1.165) is 37.0 Å². The van der Waals surface area contributed by atoms with Gasteiger partial charge in [-0.25, -0.2) is 0 Å². The molecule has 4 rings (SSSR count). The van der Waals surface area contributed by atoms with Gasteiger partial charge in [-0.2, -0.15) is 0 Å². The molecule has 2 fully saturated rings. The molecule has 1 aliphatic carbocycles. The number of carbonyl (C=O) groups is 3. The minimum atomic E-state index is -0.594. The standard InChI is InChI=1S/C20H24N2O5/c1-26-16-4-2-3-5-17(16)27-13-6-7-14-12(10-13)11-22(20(14)25)15-8-9-18(23)21-19(15)24/h6-7,10,15-17H,2-5,8-9,11H2,1H3,(H,21,23,24). The predicted octanol–water partition coefficient (Wildman–Crippen LogP) is 1.78. The number of ether oxygens (including phenoxy) is 2. The van der Waals surface area contributed by atoms with E-state index < -0.39 is 11.9 Å². The van der Waals surface area contributed by atoms with Gasteiger partial charge in [-0.3, -0.25) is 19.7 Å². The van der Waals surface area contributed by atoms with E-state index in [1.165, 1.54) is 0 Å². The molecule has 1 aromatic carbocycles. The second-order valence-electron chi connectivity index (χ2n) is 7.43. The van der Waals surface area contributed by atoms with Crippen molar-refractivity contribution in [3.05, 3.63) is 29.3 Å². The number of fused-ring (bicyclic) bond motifs is 1. The van der Waals surface area contributed by atoms with Crippen molar-refractivity contribution < 1.29 is 23.9 Å². The maximum Gasteiger partial charge on any atom is 0.255 e. The van der Waals surface area contributed by atoms with Crippen molar-refractivity contribution in [3.8, 4) is 5.75 Å². The number of hydrogen-bond donors (Lipinski definition) is 1. The third kappa shape index (κ3) is 3.43. The quantitative estimate of drug-likeness (QED) is 0.815. The van der Waals surface area contributed by atoms with E-state index in [4.69, 9.17) is 9.47 Å². The van der Waals surface area contributed by atoms with Crippen molar-refractivity contribution >= 4 is 17.7 Å². The summed E-state index contributed by atoms with van der Waals surface area (Å²) in [5.74, 6) is -0.121. The van der Waals surface area contributed by atoms with Crippen molar-refractivity contribution in [2.24, 2.45) is 0 Å². The topological polar surface area (TPSA) is 84.9 Å². The van der Waals surface area contributed by atoms with E-state index in [-0.39, 0.29) is 30.4 Å². The molecular weight excluding hydrogens is 348 g/mol. The number of benzene rings is 1. The van der Waals surface area contributed by atoms with Gasteiger partial charge in [-0.15, -0.1) is 0 Å². The lowest BCUT2D eigenvalue weighted by atomic mass is 9.94. The lowest BCUT2D eigenvalue weighted by molar-refractivity contribution is -0.136. The lowest BCUT2D eigenvalue weighted by Gasteiger charge is -2.30. The number of amides is 3. The first-order chi connectivity index (χ1) is 13.1. The van der Waals surface area contributed by atoms with Crippen LogP contribution in [0.15, 0.2) is 18.2 Å². The normalized spacial score (nSPS) is 28.1. The molecule has 3 atom stereocenters. The van der Waals surface area contributed by atoms with Crippen LogP contribution in [-0.2, 0) is 20.9 Å². The Kier molecular flexibility index (Phi) is 4.86. The zero-order valence-electron chi connectivity index (χ0n) is 15.4. The fourth-order valence-electron chi connectivity index (χ4n) is 4.27. The van der Waals surface area contributed by atoms with Gasteiger partial charge in [0.2, 0.25) is 11.8 Å². The molecule has 27 heavy (non-hydrogen) atoms. The molecule has 0 bridgehead atoms. The van der Waals surface area contributed by atoms with Crippen LogP contribution < -0.4 is 10.1 Å². The summed E-state index contributed by atoms with van der Waals surface area (Å²) < 4.78 is 11.7. The van der Waals surface area contributed by atoms with Crippen LogP contribution in [0.4, 0.5) is 0 Å². The van der Waals surface area contributed by atoms with E-state index in [1.807, 2.05) is 12.1 Å². The minimum absolute atomic E-state index is 0.0187. The molecule has 7 heteroatoms. The Labute approximate surface area is 158 Å². The van der Waals surface area contributed by atoms with Gasteiger partial charge in [0.1, 0.15) is 17.9 Å². The Morgan fingerprint density at radius 2 is 1.85 bits per heavy atom. The molecule has 1 saturated carbocycles. The maximum atomic E-state index is 12.7. The van der Waals surface area contributed by atoms with Crippen LogP contribution in [0.25, 0.3) is 0 Å². The highest BCUT2D eigenvalue weighted by Gasteiger charge is 2.39. The summed E-state index contributed by atoms with van der Waals surface area (Å²) in [5, 5.41) is 2.32. The van der Waals surface area contributed by atoms with Crippen LogP contribution in [0.2, 0.25) is 0 Å². The lowest BCUT2D eigenvalue weighted by Crippen LogP contribution is -2.52. The molecule has 2 aliphatic heterocycles. The summed E-state index contributed by atoms with van der Waals surface area (Å²) in [6.07, 6.45) is 4.95. The van der Waals surface area contributed by atoms with Gasteiger partial charge in [0.15, 0.2) is 0 Å². The smallest absolute Gasteiger partial charge is 0.255 e.